The number of benzene rings is 1. The average molecular weight is 328 g/mol. The van der Waals surface area contributed by atoms with Crippen molar-refractivity contribution in [3.63, 3.8) is 0 Å². The number of hydrogen-bond acceptors (Lipinski definition) is 4. The van der Waals surface area contributed by atoms with Crippen LogP contribution >= 0.6 is 0 Å². The summed E-state index contributed by atoms with van der Waals surface area (Å²) >= 11 is 0. The zero-order chi connectivity index (χ0) is 17.1. The Morgan fingerprint density at radius 2 is 1.91 bits per heavy atom. The van der Waals surface area contributed by atoms with Gasteiger partial charge in [0.15, 0.2) is 0 Å². The lowest BCUT2D eigenvalue weighted by atomic mass is 9.86. The van der Waals surface area contributed by atoms with Gasteiger partial charge in [-0.15, -0.1) is 0 Å². The van der Waals surface area contributed by atoms with E-state index in [4.69, 9.17) is 15.2 Å². The first-order valence-corrected chi connectivity index (χ1v) is 7.08. The van der Waals surface area contributed by atoms with Crippen LogP contribution in [0, 0.1) is 11.6 Å². The molecule has 1 aliphatic heterocycles. The van der Waals surface area contributed by atoms with Crippen molar-refractivity contribution < 1.29 is 27.8 Å². The molecule has 0 radical (unpaired) electrons. The van der Waals surface area contributed by atoms with Crippen molar-refractivity contribution in [2.24, 2.45) is 5.73 Å². The maximum Gasteiger partial charge on any atom is 0.404 e. The number of methoxy groups -OCH3 is 1. The van der Waals surface area contributed by atoms with Gasteiger partial charge < -0.3 is 20.1 Å². The highest BCUT2D eigenvalue weighted by Crippen LogP contribution is 2.35. The number of rotatable bonds is 3. The quantitative estimate of drug-likeness (QED) is 0.917. The number of carbonyl (C=O) groups excluding carboxylic acids is 2. The van der Waals surface area contributed by atoms with Gasteiger partial charge in [0.1, 0.15) is 23.5 Å². The molecular formula is C15H18F2N2O4. The third kappa shape index (κ3) is 3.69. The van der Waals surface area contributed by atoms with E-state index in [9.17, 15) is 18.4 Å². The fourth-order valence-corrected chi connectivity index (χ4v) is 2.83. The lowest BCUT2D eigenvalue weighted by Crippen LogP contribution is -2.47. The largest absolute Gasteiger partial charge is 0.497 e. The minimum absolute atomic E-state index is 0.0356. The predicted molar refractivity (Wildman–Crippen MR) is 77.0 cm³/mol. The Morgan fingerprint density at radius 3 is 2.39 bits per heavy atom. The van der Waals surface area contributed by atoms with Gasteiger partial charge in [-0.1, -0.05) is 0 Å². The van der Waals surface area contributed by atoms with Gasteiger partial charge in [0.2, 0.25) is 5.91 Å². The van der Waals surface area contributed by atoms with Gasteiger partial charge in [-0.2, -0.15) is 0 Å². The van der Waals surface area contributed by atoms with Crippen molar-refractivity contribution >= 4 is 12.0 Å². The number of piperidine rings is 1. The molecule has 0 aromatic heterocycles. The molecule has 1 aromatic rings. The molecule has 23 heavy (non-hydrogen) atoms. The summed E-state index contributed by atoms with van der Waals surface area (Å²) in [5.74, 6) is -2.47. The van der Waals surface area contributed by atoms with Crippen LogP contribution in [0.3, 0.4) is 0 Å². The molecule has 2 rings (SSSR count). The first-order valence-electron chi connectivity index (χ1n) is 7.08. The van der Waals surface area contributed by atoms with E-state index in [0.717, 1.165) is 12.1 Å². The second-order valence-corrected chi connectivity index (χ2v) is 5.34. The van der Waals surface area contributed by atoms with Crippen LogP contribution in [0.4, 0.5) is 13.6 Å². The van der Waals surface area contributed by atoms with Gasteiger partial charge >= 0.3 is 6.09 Å². The van der Waals surface area contributed by atoms with Gasteiger partial charge in [0.05, 0.1) is 13.7 Å². The second-order valence-electron chi connectivity index (χ2n) is 5.34. The lowest BCUT2D eigenvalue weighted by molar-refractivity contribution is -0.132. The number of primary amides is 1. The number of likely N-dealkylation sites (tertiary alicyclic amines) is 1. The minimum atomic E-state index is -1.06. The first kappa shape index (κ1) is 17.0. The fourth-order valence-electron chi connectivity index (χ4n) is 2.83. The number of halogens is 2. The molecule has 1 aliphatic rings. The predicted octanol–water partition coefficient (Wildman–Crippen LogP) is 1.77. The monoisotopic (exact) mass is 328 g/mol. The van der Waals surface area contributed by atoms with Crippen molar-refractivity contribution in [2.75, 3.05) is 20.2 Å². The number of amides is 2. The molecule has 0 bridgehead atoms. The normalized spacial score (nSPS) is 21.0. The summed E-state index contributed by atoms with van der Waals surface area (Å²) in [6, 6.07) is 2.13. The number of nitrogens with two attached hydrogens (primary N) is 1. The van der Waals surface area contributed by atoms with Crippen LogP contribution in [0.2, 0.25) is 0 Å². The van der Waals surface area contributed by atoms with Crippen LogP contribution in [0.5, 0.6) is 5.75 Å². The molecule has 8 heteroatoms. The molecule has 2 N–H and O–H groups in total. The lowest BCUT2D eigenvalue weighted by Gasteiger charge is -2.37. The number of hydrogen-bond donors (Lipinski definition) is 1. The summed E-state index contributed by atoms with van der Waals surface area (Å²) in [4.78, 5) is 24.0. The number of ether oxygens (including phenoxy) is 2. The molecular weight excluding hydrogens is 310 g/mol. The summed E-state index contributed by atoms with van der Waals surface area (Å²) in [5.41, 5.74) is 4.84. The molecule has 1 aromatic carbocycles. The summed E-state index contributed by atoms with van der Waals surface area (Å²) in [6.45, 7) is 1.72. The van der Waals surface area contributed by atoms with Crippen molar-refractivity contribution in [3.8, 4) is 5.75 Å². The summed E-state index contributed by atoms with van der Waals surface area (Å²) in [5, 5.41) is 0. The Morgan fingerprint density at radius 1 is 1.30 bits per heavy atom. The minimum Gasteiger partial charge on any atom is -0.497 e. The molecule has 2 unspecified atom stereocenters. The number of carbonyl (C=O) groups is 2. The highest BCUT2D eigenvalue weighted by Gasteiger charge is 2.37. The van der Waals surface area contributed by atoms with Crippen LogP contribution in [-0.4, -0.2) is 43.2 Å². The highest BCUT2D eigenvalue weighted by atomic mass is 19.1. The Kier molecular flexibility index (Phi) is 5.02. The molecule has 1 fully saturated rings. The molecule has 1 saturated heterocycles. The second kappa shape index (κ2) is 6.80. The molecule has 1 heterocycles. The third-order valence-corrected chi connectivity index (χ3v) is 3.93. The van der Waals surface area contributed by atoms with E-state index in [1.807, 2.05) is 0 Å². The van der Waals surface area contributed by atoms with E-state index in [1.54, 1.807) is 0 Å². The Labute approximate surface area is 132 Å². The summed E-state index contributed by atoms with van der Waals surface area (Å²) in [6.07, 6.45) is -1.72. The topological polar surface area (TPSA) is 81.9 Å². The average Bonchev–Trinajstić information content (AvgIpc) is 2.46. The van der Waals surface area contributed by atoms with Crippen LogP contribution in [0.25, 0.3) is 0 Å². The van der Waals surface area contributed by atoms with E-state index < -0.39 is 29.7 Å². The smallest absolute Gasteiger partial charge is 0.404 e. The summed E-state index contributed by atoms with van der Waals surface area (Å²) < 4.78 is 38.4. The van der Waals surface area contributed by atoms with Crippen molar-refractivity contribution in [2.45, 2.75) is 25.4 Å². The maximum absolute atomic E-state index is 14.3. The van der Waals surface area contributed by atoms with Crippen LogP contribution in [-0.2, 0) is 9.53 Å². The fraction of sp³-hybridized carbons (Fsp3) is 0.467. The van der Waals surface area contributed by atoms with Crippen molar-refractivity contribution in [1.29, 1.82) is 0 Å². The molecule has 0 saturated carbocycles. The number of nitrogens with zero attached hydrogens (tertiary/aromatic N) is 1. The SMILES string of the molecule is COc1cc(F)c(C2CCN(C(C)=O)CC2OC(N)=O)c(F)c1. The van der Waals surface area contributed by atoms with E-state index in [0.29, 0.717) is 6.54 Å². The van der Waals surface area contributed by atoms with Gasteiger partial charge in [-0.3, -0.25) is 4.79 Å². The highest BCUT2D eigenvalue weighted by molar-refractivity contribution is 5.73. The zero-order valence-electron chi connectivity index (χ0n) is 12.8. The Bertz CT molecular complexity index is 600. The van der Waals surface area contributed by atoms with E-state index in [2.05, 4.69) is 0 Å². The van der Waals surface area contributed by atoms with E-state index in [-0.39, 0.29) is 30.2 Å². The molecule has 6 nitrogen and oxygen atoms in total. The van der Waals surface area contributed by atoms with E-state index >= 15 is 0 Å². The van der Waals surface area contributed by atoms with Crippen molar-refractivity contribution in [3.05, 3.63) is 29.3 Å². The molecule has 0 spiro atoms. The molecule has 126 valence electrons. The molecule has 0 aliphatic carbocycles. The first-order chi connectivity index (χ1) is 10.8. The Hall–Kier alpha value is -2.38. The van der Waals surface area contributed by atoms with E-state index in [1.165, 1.54) is 18.9 Å². The van der Waals surface area contributed by atoms with Gasteiger partial charge in [-0.25, -0.2) is 13.6 Å². The third-order valence-electron chi connectivity index (χ3n) is 3.93. The standard InChI is InChI=1S/C15H18F2N2O4/c1-8(20)19-4-3-10(13(7-19)23-15(18)21)14-11(16)5-9(22-2)6-12(14)17/h5-6,10,13H,3-4,7H2,1-2H3,(H2,18,21). The van der Waals surface area contributed by atoms with Gasteiger partial charge in [0.25, 0.3) is 0 Å². The zero-order valence-corrected chi connectivity index (χ0v) is 12.8. The van der Waals surface area contributed by atoms with Gasteiger partial charge in [-0.05, 0) is 6.42 Å². The van der Waals surface area contributed by atoms with Crippen molar-refractivity contribution in [1.82, 2.24) is 4.90 Å². The van der Waals surface area contributed by atoms with Crippen LogP contribution in [0.15, 0.2) is 12.1 Å². The van der Waals surface area contributed by atoms with Crippen LogP contribution < -0.4 is 10.5 Å². The molecule has 2 atom stereocenters. The maximum atomic E-state index is 14.3. The van der Waals surface area contributed by atoms with Gasteiger partial charge in [0, 0.05) is 37.1 Å². The Balaban J connectivity index is 2.36. The molecule has 2 amide bonds. The summed E-state index contributed by atoms with van der Waals surface area (Å²) in [7, 11) is 1.30. The van der Waals surface area contributed by atoms with Crippen LogP contribution in [0.1, 0.15) is 24.8 Å².